The highest BCUT2D eigenvalue weighted by atomic mass is 32.2. The molecule has 6 rings (SSSR count). The Kier molecular flexibility index (Phi) is 29.7. The maximum Gasteiger partial charge on any atom is 0.361 e. The molecular weight excluding hydrogens is 1060 g/mol. The first-order valence-corrected chi connectivity index (χ1v) is 32.9. The Hall–Kier alpha value is -4.60. The highest BCUT2D eigenvalue weighted by Gasteiger charge is 2.18. The molecule has 3 aromatic heterocycles. The van der Waals surface area contributed by atoms with Crippen LogP contribution in [0.1, 0.15) is 163 Å². The predicted octanol–water partition coefficient (Wildman–Crippen LogP) is 10.8. The molecule has 0 amide bonds. The minimum Gasteiger partial charge on any atom is -0.744 e. The van der Waals surface area contributed by atoms with Gasteiger partial charge in [-0.2, -0.15) is 0 Å². The highest BCUT2D eigenvalue weighted by molar-refractivity contribution is 7.99. The molecular formula is C58H88N8O8S4. The van der Waals surface area contributed by atoms with E-state index in [0.717, 1.165) is 108 Å². The number of benzene rings is 2. The maximum absolute atomic E-state index is 13.3. The summed E-state index contributed by atoms with van der Waals surface area (Å²) in [5, 5.41) is 9.36. The first-order valence-electron chi connectivity index (χ1n) is 28.1. The molecule has 6 bridgehead atoms. The largest absolute Gasteiger partial charge is 0.744 e. The Morgan fingerprint density at radius 1 is 0.474 bits per heavy atom. The average molecular weight is 1150 g/mol. The van der Waals surface area contributed by atoms with Crippen molar-refractivity contribution in [2.45, 2.75) is 203 Å². The number of nitrogens with zero attached hydrogens (tertiary/aromatic N) is 6. The van der Waals surface area contributed by atoms with E-state index in [0.29, 0.717) is 13.1 Å². The van der Waals surface area contributed by atoms with E-state index in [1.54, 1.807) is 30.3 Å². The molecule has 4 heterocycles. The molecule has 5 aromatic rings. The molecule has 1 aliphatic heterocycles. The van der Waals surface area contributed by atoms with E-state index in [4.69, 9.17) is 9.97 Å². The number of aromatic nitrogens is 6. The van der Waals surface area contributed by atoms with Gasteiger partial charge >= 0.3 is 16.0 Å². The minimum atomic E-state index is -4.27. The van der Waals surface area contributed by atoms with Gasteiger partial charge in [0.05, 0.1) is 23.9 Å². The van der Waals surface area contributed by atoms with E-state index in [1.165, 1.54) is 130 Å². The number of aryl methyl sites for hydroxylation is 5. The van der Waals surface area contributed by atoms with E-state index in [9.17, 15) is 35.5 Å². The molecule has 0 spiro atoms. The van der Waals surface area contributed by atoms with Crippen molar-refractivity contribution in [2.75, 3.05) is 35.2 Å². The van der Waals surface area contributed by atoms with Gasteiger partial charge in [0.25, 0.3) is 5.56 Å². The van der Waals surface area contributed by atoms with E-state index in [2.05, 4.69) is 59.8 Å². The topological polar surface area (TPSA) is 216 Å². The Morgan fingerprint density at radius 2 is 0.808 bits per heavy atom. The van der Waals surface area contributed by atoms with E-state index in [1.807, 2.05) is 48.9 Å². The molecule has 0 unspecified atom stereocenters. The smallest absolute Gasteiger partial charge is 0.361 e. The Labute approximate surface area is 474 Å². The number of anilines is 2. The van der Waals surface area contributed by atoms with Crippen LogP contribution in [-0.4, -0.2) is 69.6 Å². The molecule has 20 heteroatoms. The van der Waals surface area contributed by atoms with Gasteiger partial charge in [0.2, 0.25) is 11.6 Å². The van der Waals surface area contributed by atoms with Gasteiger partial charge in [0.1, 0.15) is 31.6 Å². The van der Waals surface area contributed by atoms with Crippen LogP contribution in [0.25, 0.3) is 0 Å². The van der Waals surface area contributed by atoms with Crippen molar-refractivity contribution in [3.05, 3.63) is 116 Å². The van der Waals surface area contributed by atoms with E-state index in [-0.39, 0.29) is 21.0 Å². The van der Waals surface area contributed by atoms with Gasteiger partial charge < -0.3 is 19.7 Å². The molecule has 1 aliphatic rings. The normalized spacial score (nSPS) is 16.3. The summed E-state index contributed by atoms with van der Waals surface area (Å²) in [6.45, 7) is 13.0. The molecule has 0 fully saturated rings. The lowest BCUT2D eigenvalue weighted by Gasteiger charge is -2.13. The van der Waals surface area contributed by atoms with Crippen molar-refractivity contribution in [1.29, 1.82) is 0 Å². The first-order chi connectivity index (χ1) is 37.2. The number of hydrogen-bond acceptors (Lipinski definition) is 14. The van der Waals surface area contributed by atoms with E-state index >= 15 is 0 Å². The van der Waals surface area contributed by atoms with Crippen LogP contribution in [0, 0.1) is 34.6 Å². The lowest BCUT2D eigenvalue weighted by atomic mass is 10.1. The van der Waals surface area contributed by atoms with Crippen LogP contribution >= 0.6 is 23.5 Å². The van der Waals surface area contributed by atoms with Crippen LogP contribution in [0.5, 0.6) is 0 Å². The summed E-state index contributed by atoms with van der Waals surface area (Å²) in [5.74, 6) is 4.15. The van der Waals surface area contributed by atoms with Crippen LogP contribution in [-0.2, 0) is 47.4 Å². The predicted molar refractivity (Wildman–Crippen MR) is 314 cm³/mol. The first kappa shape index (κ1) is 65.9. The van der Waals surface area contributed by atoms with Gasteiger partial charge in [-0.1, -0.05) is 132 Å². The van der Waals surface area contributed by atoms with Crippen molar-refractivity contribution in [3.63, 3.8) is 0 Å². The SMILES string of the molecule is Cc1cc(=O)n2c(=O)n1CCCCCCCCCCSc1nc(cc(C)[n+]1C)NCCCCCCCNc1cc(C)[n+](C)c(n1)SCCCCCCCCCC2.Cc1ccc(S(=O)(=O)[O-])cc1.Cc1ccc(S(=O)(=O)[O-])cc1. The van der Waals surface area contributed by atoms with Crippen LogP contribution in [0.3, 0.4) is 0 Å². The zero-order valence-corrected chi connectivity index (χ0v) is 50.8. The monoisotopic (exact) mass is 1150 g/mol. The molecule has 0 atom stereocenters. The lowest BCUT2D eigenvalue weighted by molar-refractivity contribution is -0.718. The molecule has 0 aliphatic carbocycles. The van der Waals surface area contributed by atoms with Gasteiger partial charge in [0, 0.05) is 61.6 Å². The molecule has 2 aromatic carbocycles. The third kappa shape index (κ3) is 24.8. The third-order valence-corrected chi connectivity index (χ3v) is 17.8. The summed E-state index contributed by atoms with van der Waals surface area (Å²) in [7, 11) is -4.30. The molecule has 0 radical (unpaired) electrons. The fraction of sp³-hybridized carbons (Fsp3) is 0.586. The summed E-state index contributed by atoms with van der Waals surface area (Å²) in [6.07, 6.45) is 24.8. The summed E-state index contributed by atoms with van der Waals surface area (Å²) in [4.78, 5) is 35.6. The second-order valence-electron chi connectivity index (χ2n) is 20.5. The quantitative estimate of drug-likeness (QED) is 0.0955. The summed E-state index contributed by atoms with van der Waals surface area (Å²) in [6, 6.07) is 17.5. The van der Waals surface area contributed by atoms with Gasteiger partial charge in [-0.3, -0.25) is 13.9 Å². The zero-order chi connectivity index (χ0) is 56.9. The molecule has 2 N–H and O–H groups in total. The van der Waals surface area contributed by atoms with Crippen LogP contribution < -0.4 is 31.0 Å². The third-order valence-electron chi connectivity index (χ3n) is 13.8. The van der Waals surface area contributed by atoms with Crippen molar-refractivity contribution in [3.8, 4) is 0 Å². The van der Waals surface area contributed by atoms with Gasteiger partial charge in [-0.05, 0) is 131 Å². The Bertz CT molecular complexity index is 2860. The second-order valence-corrected chi connectivity index (χ2v) is 25.4. The maximum atomic E-state index is 13.3. The van der Waals surface area contributed by atoms with Gasteiger partial charge in [-0.25, -0.2) is 30.8 Å². The molecule has 78 heavy (non-hydrogen) atoms. The molecule has 0 saturated carbocycles. The van der Waals surface area contributed by atoms with Gasteiger partial charge in [-0.15, -0.1) is 0 Å². The van der Waals surface area contributed by atoms with E-state index < -0.39 is 20.2 Å². The second kappa shape index (κ2) is 35.2. The molecule has 16 nitrogen and oxygen atoms in total. The lowest BCUT2D eigenvalue weighted by Crippen LogP contribution is -2.40. The number of thioether (sulfide) groups is 2. The van der Waals surface area contributed by atoms with Crippen LogP contribution in [0.2, 0.25) is 0 Å². The van der Waals surface area contributed by atoms with Crippen molar-refractivity contribution in [1.82, 2.24) is 19.1 Å². The van der Waals surface area contributed by atoms with Gasteiger partial charge in [0.15, 0.2) is 0 Å². The van der Waals surface area contributed by atoms with Crippen LogP contribution in [0.4, 0.5) is 11.6 Å². The Morgan fingerprint density at radius 3 is 1.18 bits per heavy atom. The number of hydrogen-bond donors (Lipinski definition) is 2. The number of nitrogens with one attached hydrogen (secondary N) is 2. The molecule has 0 saturated heterocycles. The Balaban J connectivity index is 0.000000488. The van der Waals surface area contributed by atoms with Crippen molar-refractivity contribution >= 4 is 55.4 Å². The minimum absolute atomic E-state index is 0.130. The number of rotatable bonds is 2. The molecule has 432 valence electrons. The van der Waals surface area contributed by atoms with Crippen LogP contribution in [0.15, 0.2) is 96.4 Å². The summed E-state index contributed by atoms with van der Waals surface area (Å²) in [5.41, 5.74) is 4.81. The summed E-state index contributed by atoms with van der Waals surface area (Å²) >= 11 is 3.73. The highest BCUT2D eigenvalue weighted by Crippen LogP contribution is 2.21. The fourth-order valence-electron chi connectivity index (χ4n) is 8.77. The number of fused-ring (bicyclic) bond motifs is 6. The van der Waals surface area contributed by atoms with Crippen molar-refractivity contribution < 1.29 is 35.1 Å². The summed E-state index contributed by atoms with van der Waals surface area (Å²) < 4.78 is 70.0. The standard InChI is InChI=1S/C44H72N8O2S2.2C7H8O3S/c1-36-33-39-45-27-21-15-14-16-22-28-46-40-34-37(2)50(5)43(48-40)56-32-26-20-13-9-7-11-18-24-30-52-41(53)35-38(3)51(44(52)54)29-23-17-10-6-8-12-19-25-31-55-42(47-39)49(36)4;2*1-6-2-4-7(5-3-6)11(8,9)10/h33-35H,6-32H2,1-5H3;2*2-5H,1H3,(H,8,9,10). The fourth-order valence-corrected chi connectivity index (χ4v) is 11.8. The zero-order valence-electron chi connectivity index (χ0n) is 47.5. The average Bonchev–Trinajstić information content (AvgIpc) is 3.39. The van der Waals surface area contributed by atoms with Crippen molar-refractivity contribution in [2.24, 2.45) is 14.1 Å².